The van der Waals surface area contributed by atoms with Crippen LogP contribution >= 0.6 is 0 Å². The Morgan fingerprint density at radius 1 is 0.306 bits per heavy atom. The summed E-state index contributed by atoms with van der Waals surface area (Å²) < 4.78 is 39.2. The molecule has 18 nitrogen and oxygen atoms in total. The normalized spacial score (nSPS) is 9.85. The SMILES string of the molecule is C=C(C)C(=O)OCCCCCCCCCN.C=C(C)C(=O)OCCCCCCCCOC.C=C(C)C(=O)OCCCCCCO.C=CC(=O)OCCCCCCCCN.C=CC(=O)OCCCCCCCOC.C=CC(=O)OCCCCCCO. The van der Waals surface area contributed by atoms with Crippen molar-refractivity contribution in [3.63, 3.8) is 0 Å². The van der Waals surface area contributed by atoms with E-state index in [1.165, 1.54) is 89.2 Å². The zero-order valence-corrected chi connectivity index (χ0v) is 54.4. The lowest BCUT2D eigenvalue weighted by molar-refractivity contribution is -0.139. The fourth-order valence-corrected chi connectivity index (χ4v) is 6.71. The molecule has 0 aromatic rings. The predicted octanol–water partition coefficient (Wildman–Crippen LogP) is 13.1. The lowest BCUT2D eigenvalue weighted by Crippen LogP contribution is -2.06. The minimum atomic E-state index is -0.364. The van der Waals surface area contributed by atoms with Gasteiger partial charge in [-0.2, -0.15) is 0 Å². The fourth-order valence-electron chi connectivity index (χ4n) is 6.71. The van der Waals surface area contributed by atoms with Gasteiger partial charge in [0.2, 0.25) is 0 Å². The molecular weight excluding hydrogens is 1090 g/mol. The molecule has 0 saturated carbocycles. The summed E-state index contributed by atoms with van der Waals surface area (Å²) in [6.07, 6.45) is 38.3. The number of esters is 6. The van der Waals surface area contributed by atoms with Crippen molar-refractivity contribution in [1.29, 1.82) is 0 Å². The zero-order valence-electron chi connectivity index (χ0n) is 54.4. The first-order valence-electron chi connectivity index (χ1n) is 31.4. The molecule has 498 valence electrons. The topological polar surface area (TPSA) is 269 Å². The molecule has 0 fully saturated rings. The average molecular weight is 1210 g/mol. The Bertz CT molecular complexity index is 1520. The van der Waals surface area contributed by atoms with Crippen molar-refractivity contribution in [2.45, 2.75) is 226 Å². The van der Waals surface area contributed by atoms with Crippen LogP contribution in [0.1, 0.15) is 226 Å². The molecule has 0 aliphatic heterocycles. The molecule has 0 spiro atoms. The molecular formula is C67H124N2O16. The van der Waals surface area contributed by atoms with E-state index in [2.05, 4.69) is 39.5 Å². The first-order chi connectivity index (χ1) is 41.0. The monoisotopic (exact) mass is 1210 g/mol. The summed E-state index contributed by atoms with van der Waals surface area (Å²) in [4.78, 5) is 64.7. The number of unbranched alkanes of at least 4 members (excludes halogenated alkanes) is 26. The number of hydrogen-bond donors (Lipinski definition) is 4. The van der Waals surface area contributed by atoms with Gasteiger partial charge in [-0.15, -0.1) is 0 Å². The van der Waals surface area contributed by atoms with Gasteiger partial charge >= 0.3 is 35.8 Å². The standard InChI is InChI=1S/C13H25NO2.C13H24O3.C11H21NO2.C11H20O3.C10H18O3.C9H16O3/c1-12(2)13(15)16-11-9-7-5-3-4-6-8-10-14;1-12(2)13(14)16-11-9-7-5-4-6-8-10-15-3;1-2-11(13)14-10-8-6-4-3-5-7-9-12;1-3-11(12)14-10-8-6-4-5-7-9-13-2;1-9(2)10(12)13-8-6-4-3-5-7-11;1-2-9(11)12-8-6-4-3-5-7-10/h1,3-11,14H2,2H3;1,4-11H2,2-3H3;2H,1,3-10,12H2;3H,1,4-10H2,2H3;11H,1,3-8H2,2H3;2,10H,1,3-8H2. The number of hydrogen-bond acceptors (Lipinski definition) is 18. The second kappa shape index (κ2) is 81.1. The number of carbonyl (C=O) groups is 6. The highest BCUT2D eigenvalue weighted by atomic mass is 16.6. The van der Waals surface area contributed by atoms with E-state index in [0.29, 0.717) is 56.4 Å². The number of rotatable bonds is 52. The Morgan fingerprint density at radius 2 is 0.482 bits per heavy atom. The maximum Gasteiger partial charge on any atom is 0.333 e. The molecule has 0 atom stereocenters. The summed E-state index contributed by atoms with van der Waals surface area (Å²) in [5.74, 6) is -1.89. The number of carbonyl (C=O) groups excluding carboxylic acids is 6. The van der Waals surface area contributed by atoms with Crippen molar-refractivity contribution in [2.24, 2.45) is 11.5 Å². The number of aliphatic hydroxyl groups excluding tert-OH is 2. The quantitative estimate of drug-likeness (QED) is 0.0191. The van der Waals surface area contributed by atoms with Crippen LogP contribution in [0.25, 0.3) is 0 Å². The van der Waals surface area contributed by atoms with Crippen LogP contribution in [-0.4, -0.2) is 139 Å². The molecule has 0 rings (SSSR count). The maximum absolute atomic E-state index is 11.0. The van der Waals surface area contributed by atoms with Crippen LogP contribution in [0.5, 0.6) is 0 Å². The molecule has 0 saturated heterocycles. The van der Waals surface area contributed by atoms with E-state index in [1.807, 2.05) is 0 Å². The lowest BCUT2D eigenvalue weighted by atomic mass is 10.1. The molecule has 6 N–H and O–H groups in total. The van der Waals surface area contributed by atoms with Gasteiger partial charge in [0.25, 0.3) is 0 Å². The summed E-state index contributed by atoms with van der Waals surface area (Å²) in [6, 6.07) is 0. The van der Waals surface area contributed by atoms with E-state index in [4.69, 9.17) is 59.6 Å². The van der Waals surface area contributed by atoms with Crippen LogP contribution in [0, 0.1) is 0 Å². The molecule has 0 unspecified atom stereocenters. The summed E-state index contributed by atoms with van der Waals surface area (Å²) in [7, 11) is 3.45. The second-order valence-electron chi connectivity index (χ2n) is 20.2. The first-order valence-corrected chi connectivity index (χ1v) is 31.4. The molecule has 0 aliphatic carbocycles. The first kappa shape index (κ1) is 91.2. The largest absolute Gasteiger partial charge is 0.463 e. The van der Waals surface area contributed by atoms with Crippen molar-refractivity contribution in [3.05, 3.63) is 74.4 Å². The second-order valence-corrected chi connectivity index (χ2v) is 20.2. The van der Waals surface area contributed by atoms with Crippen molar-refractivity contribution in [3.8, 4) is 0 Å². The van der Waals surface area contributed by atoms with Gasteiger partial charge < -0.3 is 59.6 Å². The lowest BCUT2D eigenvalue weighted by Gasteiger charge is -2.04. The summed E-state index contributed by atoms with van der Waals surface area (Å²) >= 11 is 0. The van der Waals surface area contributed by atoms with Crippen LogP contribution in [0.15, 0.2) is 74.4 Å². The van der Waals surface area contributed by atoms with Crippen molar-refractivity contribution >= 4 is 35.8 Å². The Morgan fingerprint density at radius 3 is 0.659 bits per heavy atom. The highest BCUT2D eigenvalue weighted by Crippen LogP contribution is 2.10. The molecule has 0 aliphatic rings. The van der Waals surface area contributed by atoms with Crippen LogP contribution in [0.2, 0.25) is 0 Å². The average Bonchev–Trinajstić information content (AvgIpc) is 3.49. The molecule has 0 heterocycles. The number of ether oxygens (including phenoxy) is 8. The highest BCUT2D eigenvalue weighted by molar-refractivity contribution is 5.87. The molecule has 0 aromatic carbocycles. The smallest absolute Gasteiger partial charge is 0.333 e. The molecule has 85 heavy (non-hydrogen) atoms. The molecule has 0 bridgehead atoms. The van der Waals surface area contributed by atoms with Gasteiger partial charge in [0.15, 0.2) is 0 Å². The van der Waals surface area contributed by atoms with Crippen LogP contribution in [0.3, 0.4) is 0 Å². The molecule has 0 radical (unpaired) electrons. The number of aliphatic hydroxyl groups is 2. The Kier molecular flexibility index (Phi) is 87.0. The minimum Gasteiger partial charge on any atom is -0.463 e. The van der Waals surface area contributed by atoms with E-state index < -0.39 is 0 Å². The highest BCUT2D eigenvalue weighted by Gasteiger charge is 2.04. The minimum absolute atomic E-state index is 0.242. The fraction of sp³-hybridized carbons (Fsp3) is 0.731. The van der Waals surface area contributed by atoms with Gasteiger partial charge in [-0.25, -0.2) is 28.8 Å². The predicted molar refractivity (Wildman–Crippen MR) is 345 cm³/mol. The third kappa shape index (κ3) is 92.9. The van der Waals surface area contributed by atoms with Crippen molar-refractivity contribution in [1.82, 2.24) is 0 Å². The van der Waals surface area contributed by atoms with E-state index >= 15 is 0 Å². The summed E-state index contributed by atoms with van der Waals surface area (Å²) in [6.45, 7) is 32.2. The van der Waals surface area contributed by atoms with Gasteiger partial charge in [-0.1, -0.05) is 155 Å². The van der Waals surface area contributed by atoms with E-state index in [-0.39, 0.29) is 49.0 Å². The van der Waals surface area contributed by atoms with E-state index in [0.717, 1.165) is 161 Å². The summed E-state index contributed by atoms with van der Waals surface area (Å²) in [5, 5.41) is 16.9. The number of methoxy groups -OCH3 is 2. The van der Waals surface area contributed by atoms with E-state index in [9.17, 15) is 28.8 Å². The molecule has 18 heteroatoms. The molecule has 0 amide bonds. The maximum atomic E-state index is 11.0. The summed E-state index contributed by atoms with van der Waals surface area (Å²) in [5.41, 5.74) is 12.2. The van der Waals surface area contributed by atoms with Gasteiger partial charge in [0.1, 0.15) is 0 Å². The molecule has 0 aromatic heterocycles. The van der Waals surface area contributed by atoms with Gasteiger partial charge in [-0.3, -0.25) is 0 Å². The van der Waals surface area contributed by atoms with Crippen LogP contribution < -0.4 is 11.5 Å². The van der Waals surface area contributed by atoms with Crippen molar-refractivity contribution < 1.29 is 76.9 Å². The van der Waals surface area contributed by atoms with Gasteiger partial charge in [0, 0.05) is 75.6 Å². The Labute approximate surface area is 516 Å². The third-order valence-electron chi connectivity index (χ3n) is 11.8. The van der Waals surface area contributed by atoms with Crippen LogP contribution in [0.4, 0.5) is 0 Å². The zero-order chi connectivity index (χ0) is 65.1. The van der Waals surface area contributed by atoms with Gasteiger partial charge in [-0.05, 0) is 124 Å². The Balaban J connectivity index is -0.000000221. The third-order valence-corrected chi connectivity index (χ3v) is 11.8. The Hall–Kier alpha value is -4.98. The van der Waals surface area contributed by atoms with Crippen molar-refractivity contribution in [2.75, 3.05) is 93.4 Å². The van der Waals surface area contributed by atoms with Gasteiger partial charge in [0.05, 0.1) is 39.6 Å². The number of nitrogens with two attached hydrogens (primary N) is 2. The van der Waals surface area contributed by atoms with Crippen LogP contribution in [-0.2, 0) is 66.7 Å². The van der Waals surface area contributed by atoms with E-state index in [1.54, 1.807) is 35.0 Å².